The van der Waals surface area contributed by atoms with Crippen LogP contribution in [-0.4, -0.2) is 28.4 Å². The molecule has 2 heterocycles. The summed E-state index contributed by atoms with van der Waals surface area (Å²) in [5, 5.41) is 7.61. The summed E-state index contributed by atoms with van der Waals surface area (Å²) in [5.74, 6) is -1.18. The molecule has 0 bridgehead atoms. The number of hydrogen-bond donors (Lipinski definition) is 1. The second-order valence-electron chi connectivity index (χ2n) is 6.33. The fraction of sp³-hybridized carbons (Fsp3) is 0.158. The molecule has 0 aliphatic carbocycles. The van der Waals surface area contributed by atoms with Gasteiger partial charge in [0.25, 0.3) is 17.7 Å². The lowest BCUT2D eigenvalue weighted by atomic mass is 9.99. The van der Waals surface area contributed by atoms with E-state index in [9.17, 15) is 14.4 Å². The summed E-state index contributed by atoms with van der Waals surface area (Å²) in [6.45, 7) is 4.10. The summed E-state index contributed by atoms with van der Waals surface area (Å²) >= 11 is 0. The Hall–Kier alpha value is -3.28. The quantitative estimate of drug-likeness (QED) is 0.858. The molecule has 25 heavy (non-hydrogen) atoms. The van der Waals surface area contributed by atoms with Gasteiger partial charge in [0.05, 0.1) is 16.8 Å². The Morgan fingerprint density at radius 2 is 1.56 bits per heavy atom. The zero-order valence-corrected chi connectivity index (χ0v) is 13.7. The molecule has 2 aromatic carbocycles. The largest absolute Gasteiger partial charge is 0.320 e. The maximum atomic E-state index is 12.5. The van der Waals surface area contributed by atoms with E-state index in [0.29, 0.717) is 22.4 Å². The van der Waals surface area contributed by atoms with E-state index in [1.165, 1.54) is 0 Å². The Labute approximate surface area is 144 Å². The molecule has 0 saturated heterocycles. The van der Waals surface area contributed by atoms with E-state index in [4.69, 9.17) is 0 Å². The Morgan fingerprint density at radius 1 is 0.920 bits per heavy atom. The average molecular weight is 333 g/mol. The molecule has 1 N–H and O–H groups in total. The van der Waals surface area contributed by atoms with Crippen LogP contribution in [0.2, 0.25) is 0 Å². The highest BCUT2D eigenvalue weighted by atomic mass is 16.2. The minimum Gasteiger partial charge on any atom is -0.320 e. The normalized spacial score (nSPS) is 17.3. The first kappa shape index (κ1) is 15.3. The van der Waals surface area contributed by atoms with E-state index in [2.05, 4.69) is 10.4 Å². The minimum absolute atomic E-state index is 0.0759. The minimum atomic E-state index is -0.519. The van der Waals surface area contributed by atoms with Crippen molar-refractivity contribution in [1.29, 1.82) is 0 Å². The standard InChI is InChI=1S/C19H15N3O3/c1-10(2)11-7-8-15-14(9-11)16(17(23)20-15)21-22-18(24)12-5-3-4-6-13(12)19(22)25/h3-10H,1-2H3,(H,20,21,23). The van der Waals surface area contributed by atoms with Gasteiger partial charge in [-0.2, -0.15) is 10.1 Å². The third-order valence-electron chi connectivity index (χ3n) is 4.40. The lowest BCUT2D eigenvalue weighted by Crippen LogP contribution is -2.28. The monoisotopic (exact) mass is 333 g/mol. The number of rotatable bonds is 2. The number of carbonyl (C=O) groups is 3. The summed E-state index contributed by atoms with van der Waals surface area (Å²) in [6, 6.07) is 12.2. The van der Waals surface area contributed by atoms with Crippen molar-refractivity contribution in [2.45, 2.75) is 19.8 Å². The molecule has 0 atom stereocenters. The van der Waals surface area contributed by atoms with Gasteiger partial charge in [-0.25, -0.2) is 0 Å². The molecule has 2 aliphatic heterocycles. The molecule has 0 aromatic heterocycles. The number of benzene rings is 2. The Bertz CT molecular complexity index is 941. The zero-order valence-electron chi connectivity index (χ0n) is 13.7. The molecule has 2 aliphatic rings. The number of nitrogens with one attached hydrogen (secondary N) is 1. The third kappa shape index (κ3) is 2.26. The number of imide groups is 1. The molecule has 3 amide bonds. The number of nitrogens with zero attached hydrogens (tertiary/aromatic N) is 2. The lowest BCUT2D eigenvalue weighted by Gasteiger charge is -2.09. The van der Waals surface area contributed by atoms with E-state index in [-0.39, 0.29) is 11.6 Å². The van der Waals surface area contributed by atoms with Gasteiger partial charge in [-0.15, -0.1) is 0 Å². The molecule has 6 nitrogen and oxygen atoms in total. The molecule has 0 spiro atoms. The van der Waals surface area contributed by atoms with E-state index >= 15 is 0 Å². The van der Waals surface area contributed by atoms with Gasteiger partial charge in [0.2, 0.25) is 0 Å². The fourth-order valence-electron chi connectivity index (χ4n) is 3.00. The van der Waals surface area contributed by atoms with Crippen molar-refractivity contribution in [3.05, 3.63) is 64.7 Å². The van der Waals surface area contributed by atoms with Gasteiger partial charge in [0, 0.05) is 5.56 Å². The first-order valence-electron chi connectivity index (χ1n) is 7.99. The van der Waals surface area contributed by atoms with E-state index in [1.54, 1.807) is 24.3 Å². The summed E-state index contributed by atoms with van der Waals surface area (Å²) in [6.07, 6.45) is 0. The fourth-order valence-corrected chi connectivity index (χ4v) is 3.00. The van der Waals surface area contributed by atoms with Crippen molar-refractivity contribution >= 4 is 29.1 Å². The predicted molar refractivity (Wildman–Crippen MR) is 92.6 cm³/mol. The number of amides is 3. The molecular formula is C19H15N3O3. The Balaban J connectivity index is 1.79. The summed E-state index contributed by atoms with van der Waals surface area (Å²) in [7, 11) is 0. The first-order valence-corrected chi connectivity index (χ1v) is 7.99. The molecular weight excluding hydrogens is 318 g/mol. The second-order valence-corrected chi connectivity index (χ2v) is 6.33. The first-order chi connectivity index (χ1) is 12.0. The number of anilines is 1. The molecule has 0 radical (unpaired) electrons. The number of hydrazone groups is 1. The second kappa shape index (κ2) is 5.37. The van der Waals surface area contributed by atoms with Crippen molar-refractivity contribution in [2.24, 2.45) is 5.10 Å². The molecule has 2 aromatic rings. The van der Waals surface area contributed by atoms with Crippen LogP contribution in [-0.2, 0) is 4.79 Å². The van der Waals surface area contributed by atoms with Crippen LogP contribution in [0, 0.1) is 0 Å². The lowest BCUT2D eigenvalue weighted by molar-refractivity contribution is -0.110. The number of hydrogen-bond acceptors (Lipinski definition) is 4. The highest BCUT2D eigenvalue weighted by Gasteiger charge is 2.37. The van der Waals surface area contributed by atoms with Gasteiger partial charge < -0.3 is 5.32 Å². The highest BCUT2D eigenvalue weighted by Crippen LogP contribution is 2.29. The predicted octanol–water partition coefficient (Wildman–Crippen LogP) is 2.76. The summed E-state index contributed by atoms with van der Waals surface area (Å²) in [4.78, 5) is 37.2. The van der Waals surface area contributed by atoms with Crippen LogP contribution in [0.15, 0.2) is 47.6 Å². The SMILES string of the molecule is CC(C)c1ccc2c(c1)C(=NN1C(=O)c3ccccc3C1=O)C(=O)N2. The van der Waals surface area contributed by atoms with Crippen molar-refractivity contribution in [2.75, 3.05) is 5.32 Å². The van der Waals surface area contributed by atoms with Gasteiger partial charge in [-0.05, 0) is 35.7 Å². The molecule has 6 heteroatoms. The molecule has 0 unspecified atom stereocenters. The molecule has 0 fully saturated rings. The number of fused-ring (bicyclic) bond motifs is 2. The topological polar surface area (TPSA) is 78.8 Å². The van der Waals surface area contributed by atoms with Gasteiger partial charge in [0.1, 0.15) is 0 Å². The summed E-state index contributed by atoms with van der Waals surface area (Å²) in [5.41, 5.74) is 2.95. The third-order valence-corrected chi connectivity index (χ3v) is 4.40. The van der Waals surface area contributed by atoms with Crippen molar-refractivity contribution in [3.8, 4) is 0 Å². The summed E-state index contributed by atoms with van der Waals surface area (Å²) < 4.78 is 0. The van der Waals surface area contributed by atoms with E-state index in [1.807, 2.05) is 32.0 Å². The van der Waals surface area contributed by atoms with Gasteiger partial charge >= 0.3 is 0 Å². The van der Waals surface area contributed by atoms with Crippen LogP contribution in [0.4, 0.5) is 5.69 Å². The Morgan fingerprint density at radius 3 is 2.16 bits per heavy atom. The smallest absolute Gasteiger partial charge is 0.282 e. The zero-order chi connectivity index (χ0) is 17.7. The van der Waals surface area contributed by atoms with Crippen LogP contribution >= 0.6 is 0 Å². The van der Waals surface area contributed by atoms with Crippen molar-refractivity contribution < 1.29 is 14.4 Å². The molecule has 0 saturated carbocycles. The van der Waals surface area contributed by atoms with Crippen LogP contribution in [0.25, 0.3) is 0 Å². The van der Waals surface area contributed by atoms with Crippen LogP contribution < -0.4 is 5.32 Å². The Kier molecular flexibility index (Phi) is 3.28. The average Bonchev–Trinajstić information content (AvgIpc) is 3.04. The highest BCUT2D eigenvalue weighted by molar-refractivity contribution is 6.54. The van der Waals surface area contributed by atoms with E-state index in [0.717, 1.165) is 10.6 Å². The molecule has 124 valence electrons. The van der Waals surface area contributed by atoms with Crippen LogP contribution in [0.5, 0.6) is 0 Å². The van der Waals surface area contributed by atoms with Crippen LogP contribution in [0.1, 0.15) is 51.6 Å². The van der Waals surface area contributed by atoms with Gasteiger partial charge in [-0.1, -0.05) is 32.0 Å². The van der Waals surface area contributed by atoms with Gasteiger partial charge in [-0.3, -0.25) is 14.4 Å². The van der Waals surface area contributed by atoms with Gasteiger partial charge in [0.15, 0.2) is 5.71 Å². The maximum Gasteiger partial charge on any atom is 0.282 e. The number of carbonyl (C=O) groups excluding carboxylic acids is 3. The van der Waals surface area contributed by atoms with E-state index < -0.39 is 17.7 Å². The van der Waals surface area contributed by atoms with Crippen LogP contribution in [0.3, 0.4) is 0 Å². The maximum absolute atomic E-state index is 12.5. The molecule has 4 rings (SSSR count). The van der Waals surface area contributed by atoms with Crippen molar-refractivity contribution in [3.63, 3.8) is 0 Å². The van der Waals surface area contributed by atoms with Crippen molar-refractivity contribution in [1.82, 2.24) is 5.01 Å².